The lowest BCUT2D eigenvalue weighted by atomic mass is 10.1. The molecule has 4 rings (SSSR count). The number of rotatable bonds is 4. The molecule has 26 heavy (non-hydrogen) atoms. The Morgan fingerprint density at radius 3 is 2.15 bits per heavy atom. The van der Waals surface area contributed by atoms with E-state index in [1.165, 1.54) is 11.3 Å². The van der Waals surface area contributed by atoms with Crippen molar-refractivity contribution in [2.45, 2.75) is 20.8 Å². The van der Waals surface area contributed by atoms with E-state index in [1.807, 2.05) is 0 Å². The average molecular weight is 342 g/mol. The molecular formula is C23H24N3+. The second kappa shape index (κ2) is 6.75. The third-order valence-corrected chi connectivity index (χ3v) is 4.96. The van der Waals surface area contributed by atoms with E-state index < -0.39 is 0 Å². The smallest absolute Gasteiger partial charge is 0.239 e. The van der Waals surface area contributed by atoms with E-state index >= 15 is 0 Å². The molecule has 0 aliphatic rings. The van der Waals surface area contributed by atoms with Crippen LogP contribution in [0.2, 0.25) is 0 Å². The molecule has 0 atom stereocenters. The Hall–Kier alpha value is -2.94. The third-order valence-electron chi connectivity index (χ3n) is 4.96. The van der Waals surface area contributed by atoms with E-state index in [2.05, 4.69) is 97.0 Å². The van der Waals surface area contributed by atoms with Crippen molar-refractivity contribution in [2.75, 3.05) is 18.0 Å². The minimum absolute atomic E-state index is 0.994. The molecule has 0 unspecified atom stereocenters. The summed E-state index contributed by atoms with van der Waals surface area (Å²) in [5, 5.41) is 0. The highest BCUT2D eigenvalue weighted by Crippen LogP contribution is 2.23. The van der Waals surface area contributed by atoms with Gasteiger partial charge in [0.05, 0.1) is 0 Å². The van der Waals surface area contributed by atoms with Gasteiger partial charge in [0.1, 0.15) is 11.0 Å². The van der Waals surface area contributed by atoms with Crippen molar-refractivity contribution >= 4 is 27.8 Å². The molecule has 130 valence electrons. The lowest BCUT2D eigenvalue weighted by Crippen LogP contribution is -2.33. The van der Waals surface area contributed by atoms with Gasteiger partial charge in [-0.2, -0.15) is 0 Å². The summed E-state index contributed by atoms with van der Waals surface area (Å²) in [5.74, 6) is 0. The second-order valence-electron chi connectivity index (χ2n) is 6.62. The quantitative estimate of drug-likeness (QED) is 0.391. The maximum atomic E-state index is 4.92. The summed E-state index contributed by atoms with van der Waals surface area (Å²) in [7, 11) is 0. The van der Waals surface area contributed by atoms with Crippen molar-refractivity contribution in [3.05, 3.63) is 72.3 Å². The van der Waals surface area contributed by atoms with E-state index in [4.69, 9.17) is 4.98 Å². The molecular weight excluding hydrogens is 318 g/mol. The van der Waals surface area contributed by atoms with Gasteiger partial charge in [0.25, 0.3) is 0 Å². The van der Waals surface area contributed by atoms with Gasteiger partial charge in [0.15, 0.2) is 0 Å². The lowest BCUT2D eigenvalue weighted by Gasteiger charge is -2.20. The zero-order valence-corrected chi connectivity index (χ0v) is 15.6. The van der Waals surface area contributed by atoms with Gasteiger partial charge in [-0.3, -0.25) is 0 Å². The molecule has 0 saturated heterocycles. The van der Waals surface area contributed by atoms with Crippen LogP contribution in [0.15, 0.2) is 66.7 Å². The monoisotopic (exact) mass is 342 g/mol. The van der Waals surface area contributed by atoms with Crippen LogP contribution in [-0.4, -0.2) is 18.1 Å². The Kier molecular flexibility index (Phi) is 4.29. The predicted molar refractivity (Wildman–Crippen MR) is 109 cm³/mol. The summed E-state index contributed by atoms with van der Waals surface area (Å²) in [6.07, 6.45) is 0. The first-order valence-electron chi connectivity index (χ1n) is 9.28. The molecule has 0 N–H and O–H groups in total. The fraction of sp³-hybridized carbons (Fsp3) is 0.217. The molecule has 1 aromatic heterocycles. The highest BCUT2D eigenvalue weighted by molar-refractivity contribution is 5.84. The van der Waals surface area contributed by atoms with Crippen molar-refractivity contribution in [3.8, 4) is 5.69 Å². The van der Waals surface area contributed by atoms with Crippen LogP contribution in [0.3, 0.4) is 0 Å². The van der Waals surface area contributed by atoms with Crippen LogP contribution in [-0.2, 0) is 0 Å². The lowest BCUT2D eigenvalue weighted by molar-refractivity contribution is -0.538. The Balaban J connectivity index is 2.11. The SMILES string of the molecule is CCN(CC)c1ccc2nc3ccc(C)cc3[n+](-c3ccccc3)c2c1. The van der Waals surface area contributed by atoms with Crippen LogP contribution >= 0.6 is 0 Å². The van der Waals surface area contributed by atoms with Gasteiger partial charge in [0.2, 0.25) is 16.7 Å². The van der Waals surface area contributed by atoms with Crippen molar-refractivity contribution in [1.82, 2.24) is 4.98 Å². The van der Waals surface area contributed by atoms with Gasteiger partial charge >= 0.3 is 0 Å². The normalized spacial score (nSPS) is 11.2. The Labute approximate surface area is 154 Å². The maximum absolute atomic E-state index is 4.92. The number of aryl methyl sites for hydroxylation is 1. The number of fused-ring (bicyclic) bond motifs is 2. The summed E-state index contributed by atoms with van der Waals surface area (Å²) >= 11 is 0. The largest absolute Gasteiger partial charge is 0.372 e. The Morgan fingerprint density at radius 2 is 1.46 bits per heavy atom. The minimum Gasteiger partial charge on any atom is -0.372 e. The standard InChI is InChI=1S/C23H24N3/c1-4-25(5-2)19-12-14-21-23(16-19)26(18-9-7-6-8-10-18)22-15-17(3)11-13-20(22)24-21/h6-16H,4-5H2,1-3H3/q+1. The number of hydrogen-bond acceptors (Lipinski definition) is 2. The van der Waals surface area contributed by atoms with Crippen molar-refractivity contribution < 1.29 is 4.57 Å². The third kappa shape index (κ3) is 2.80. The highest BCUT2D eigenvalue weighted by atomic mass is 15.1. The molecule has 1 heterocycles. The van der Waals surface area contributed by atoms with Gasteiger partial charge in [-0.15, -0.1) is 4.57 Å². The molecule has 0 bridgehead atoms. The fourth-order valence-corrected chi connectivity index (χ4v) is 3.59. The van der Waals surface area contributed by atoms with Gasteiger partial charge in [-0.1, -0.05) is 24.3 Å². The number of para-hydroxylation sites is 1. The molecule has 0 saturated carbocycles. The molecule has 4 aromatic rings. The summed E-state index contributed by atoms with van der Waals surface area (Å²) in [6.45, 7) is 8.51. The van der Waals surface area contributed by atoms with Crippen LogP contribution in [0.4, 0.5) is 5.69 Å². The number of nitrogens with zero attached hydrogens (tertiary/aromatic N) is 3. The second-order valence-corrected chi connectivity index (χ2v) is 6.62. The molecule has 3 heteroatoms. The summed E-state index contributed by atoms with van der Waals surface area (Å²) in [4.78, 5) is 7.29. The zero-order valence-electron chi connectivity index (χ0n) is 15.6. The molecule has 0 aliphatic carbocycles. The first kappa shape index (κ1) is 16.5. The van der Waals surface area contributed by atoms with Gasteiger partial charge in [-0.25, -0.2) is 4.98 Å². The average Bonchev–Trinajstić information content (AvgIpc) is 2.68. The molecule has 3 nitrogen and oxygen atoms in total. The van der Waals surface area contributed by atoms with E-state index in [1.54, 1.807) is 0 Å². The van der Waals surface area contributed by atoms with Crippen LogP contribution in [0.5, 0.6) is 0 Å². The Bertz CT molecular complexity index is 1070. The van der Waals surface area contributed by atoms with E-state index in [9.17, 15) is 0 Å². The van der Waals surface area contributed by atoms with E-state index in [-0.39, 0.29) is 0 Å². The van der Waals surface area contributed by atoms with Crippen LogP contribution < -0.4 is 9.47 Å². The molecule has 3 aromatic carbocycles. The fourth-order valence-electron chi connectivity index (χ4n) is 3.59. The topological polar surface area (TPSA) is 20.0 Å². The zero-order chi connectivity index (χ0) is 18.1. The number of benzene rings is 3. The highest BCUT2D eigenvalue weighted by Gasteiger charge is 2.20. The first-order valence-corrected chi connectivity index (χ1v) is 9.28. The van der Waals surface area contributed by atoms with Gasteiger partial charge in [0, 0.05) is 43.0 Å². The minimum atomic E-state index is 0.994. The summed E-state index contributed by atoms with van der Waals surface area (Å²) < 4.78 is 2.33. The van der Waals surface area contributed by atoms with Gasteiger partial charge < -0.3 is 4.90 Å². The van der Waals surface area contributed by atoms with Crippen LogP contribution in [0.25, 0.3) is 27.8 Å². The van der Waals surface area contributed by atoms with Crippen molar-refractivity contribution in [2.24, 2.45) is 0 Å². The molecule has 0 radical (unpaired) electrons. The predicted octanol–water partition coefficient (Wildman–Crippen LogP) is 4.82. The first-order chi connectivity index (χ1) is 12.7. The molecule has 0 spiro atoms. The van der Waals surface area contributed by atoms with E-state index in [0.29, 0.717) is 0 Å². The molecule has 0 fully saturated rings. The maximum Gasteiger partial charge on any atom is 0.239 e. The number of hydrogen-bond donors (Lipinski definition) is 0. The van der Waals surface area contributed by atoms with E-state index in [0.717, 1.165) is 40.8 Å². The van der Waals surface area contributed by atoms with Crippen molar-refractivity contribution in [1.29, 1.82) is 0 Å². The van der Waals surface area contributed by atoms with Gasteiger partial charge in [-0.05, 0) is 44.5 Å². The van der Waals surface area contributed by atoms with Crippen LogP contribution in [0.1, 0.15) is 19.4 Å². The van der Waals surface area contributed by atoms with Crippen molar-refractivity contribution in [3.63, 3.8) is 0 Å². The summed E-state index contributed by atoms with van der Waals surface area (Å²) in [6, 6.07) is 23.6. The van der Waals surface area contributed by atoms with Crippen LogP contribution in [0, 0.1) is 6.92 Å². The number of aromatic nitrogens is 2. The molecule has 0 aliphatic heterocycles. The Morgan fingerprint density at radius 1 is 0.808 bits per heavy atom. The summed E-state index contributed by atoms with van der Waals surface area (Å²) in [5.41, 5.74) is 7.94. The molecule has 0 amide bonds. The number of anilines is 1.